The van der Waals surface area contributed by atoms with Gasteiger partial charge in [-0.1, -0.05) is 0 Å². The highest BCUT2D eigenvalue weighted by atomic mass is 15.1. The zero-order valence-electron chi connectivity index (χ0n) is 6.96. The minimum atomic E-state index is 0.729. The minimum absolute atomic E-state index is 0.729. The lowest BCUT2D eigenvalue weighted by molar-refractivity contribution is 0.654. The second kappa shape index (κ2) is 2.25. The fourth-order valence-corrected chi connectivity index (χ4v) is 2.43. The van der Waals surface area contributed by atoms with Crippen LogP contribution in [0.5, 0.6) is 0 Å². The lowest BCUT2D eigenvalue weighted by Gasteiger charge is -2.13. The van der Waals surface area contributed by atoms with Gasteiger partial charge in [0, 0.05) is 12.2 Å². The maximum Gasteiger partial charge on any atom is 0.0726 e. The largest absolute Gasteiger partial charge is 0.379 e. The van der Waals surface area contributed by atoms with Crippen molar-refractivity contribution < 1.29 is 0 Å². The van der Waals surface area contributed by atoms with Crippen molar-refractivity contribution in [3.05, 3.63) is 12.4 Å². The molecular formula is C9H13N3. The Morgan fingerprint density at radius 3 is 3.08 bits per heavy atom. The molecule has 0 aliphatic heterocycles. The summed E-state index contributed by atoms with van der Waals surface area (Å²) in [7, 11) is 0. The molecule has 3 rings (SSSR count). The maximum absolute atomic E-state index is 3.92. The van der Waals surface area contributed by atoms with Crippen LogP contribution in [-0.2, 0) is 0 Å². The first-order valence-corrected chi connectivity index (χ1v) is 4.69. The highest BCUT2D eigenvalue weighted by Crippen LogP contribution is 2.52. The molecule has 2 aliphatic rings. The summed E-state index contributed by atoms with van der Waals surface area (Å²) in [6, 6.07) is 0.729. The van der Waals surface area contributed by atoms with Crippen LogP contribution < -0.4 is 5.32 Å². The van der Waals surface area contributed by atoms with E-state index in [1.54, 1.807) is 0 Å². The second-order valence-electron chi connectivity index (χ2n) is 3.97. The molecule has 3 heteroatoms. The first-order chi connectivity index (χ1) is 5.93. The molecule has 64 valence electrons. The van der Waals surface area contributed by atoms with Gasteiger partial charge in [0.25, 0.3) is 0 Å². The first-order valence-electron chi connectivity index (χ1n) is 4.69. The van der Waals surface area contributed by atoms with Crippen molar-refractivity contribution in [2.45, 2.75) is 25.3 Å². The molecule has 1 heterocycles. The van der Waals surface area contributed by atoms with Crippen molar-refractivity contribution in [1.82, 2.24) is 10.2 Å². The number of hydrogen-bond donors (Lipinski definition) is 2. The summed E-state index contributed by atoms with van der Waals surface area (Å²) < 4.78 is 0. The minimum Gasteiger partial charge on any atom is -0.379 e. The Kier molecular flexibility index (Phi) is 1.22. The number of rotatable bonds is 2. The summed E-state index contributed by atoms with van der Waals surface area (Å²) in [6.45, 7) is 0. The van der Waals surface area contributed by atoms with Crippen molar-refractivity contribution in [3.63, 3.8) is 0 Å². The zero-order valence-corrected chi connectivity index (χ0v) is 6.96. The Hall–Kier alpha value is -0.990. The van der Waals surface area contributed by atoms with Crippen molar-refractivity contribution in [2.75, 3.05) is 5.32 Å². The first kappa shape index (κ1) is 6.52. The van der Waals surface area contributed by atoms with Gasteiger partial charge in [0.15, 0.2) is 0 Å². The van der Waals surface area contributed by atoms with E-state index < -0.39 is 0 Å². The molecule has 1 unspecified atom stereocenters. The maximum atomic E-state index is 3.92. The van der Waals surface area contributed by atoms with Gasteiger partial charge in [-0.15, -0.1) is 0 Å². The fraction of sp³-hybridized carbons (Fsp3) is 0.667. The summed E-state index contributed by atoms with van der Waals surface area (Å²) >= 11 is 0. The van der Waals surface area contributed by atoms with Crippen LogP contribution in [-0.4, -0.2) is 16.2 Å². The van der Waals surface area contributed by atoms with Gasteiger partial charge in [-0.05, 0) is 31.1 Å². The molecule has 3 atom stereocenters. The van der Waals surface area contributed by atoms with Crippen LogP contribution in [0.4, 0.5) is 5.69 Å². The Balaban J connectivity index is 1.68. The third-order valence-electron chi connectivity index (χ3n) is 3.19. The van der Waals surface area contributed by atoms with E-state index in [0.29, 0.717) is 0 Å². The Labute approximate surface area is 71.6 Å². The van der Waals surface area contributed by atoms with Crippen LogP contribution >= 0.6 is 0 Å². The number of aromatic nitrogens is 2. The summed E-state index contributed by atoms with van der Waals surface area (Å²) in [6.07, 6.45) is 8.02. The van der Waals surface area contributed by atoms with Gasteiger partial charge in [-0.3, -0.25) is 5.10 Å². The van der Waals surface area contributed by atoms with Crippen LogP contribution in [0.1, 0.15) is 19.3 Å². The van der Waals surface area contributed by atoms with Crippen LogP contribution in [0.25, 0.3) is 0 Å². The van der Waals surface area contributed by atoms with E-state index in [-0.39, 0.29) is 0 Å². The Morgan fingerprint density at radius 2 is 2.50 bits per heavy atom. The lowest BCUT2D eigenvalue weighted by atomic mass is 10.2. The van der Waals surface area contributed by atoms with Gasteiger partial charge in [-0.25, -0.2) is 0 Å². The summed E-state index contributed by atoms with van der Waals surface area (Å²) in [4.78, 5) is 0. The molecule has 0 aromatic carbocycles. The number of fused-ring (bicyclic) bond motifs is 1. The van der Waals surface area contributed by atoms with Gasteiger partial charge < -0.3 is 5.32 Å². The highest BCUT2D eigenvalue weighted by Gasteiger charge is 2.47. The molecular weight excluding hydrogens is 150 g/mol. The third kappa shape index (κ3) is 0.924. The molecule has 12 heavy (non-hydrogen) atoms. The number of anilines is 1. The smallest absolute Gasteiger partial charge is 0.0726 e. The molecule has 2 aliphatic carbocycles. The SMILES string of the molecule is c1n[nH]cc1NC1CC[C@H]2C[C@@H]12. The van der Waals surface area contributed by atoms with E-state index in [1.807, 2.05) is 12.4 Å². The number of nitrogens with zero attached hydrogens (tertiary/aromatic N) is 1. The summed E-state index contributed by atoms with van der Waals surface area (Å²) in [5.41, 5.74) is 1.15. The number of nitrogens with one attached hydrogen (secondary N) is 2. The molecule has 2 N–H and O–H groups in total. The quantitative estimate of drug-likeness (QED) is 0.695. The molecule has 0 amide bonds. The average molecular weight is 163 g/mol. The molecule has 0 radical (unpaired) electrons. The van der Waals surface area contributed by atoms with Gasteiger partial charge >= 0.3 is 0 Å². The summed E-state index contributed by atoms with van der Waals surface area (Å²) in [5.74, 6) is 2.02. The molecule has 0 bridgehead atoms. The van der Waals surface area contributed by atoms with Crippen LogP contribution in [0.15, 0.2) is 12.4 Å². The number of hydrogen-bond acceptors (Lipinski definition) is 2. The molecule has 1 aromatic heterocycles. The fourth-order valence-electron chi connectivity index (χ4n) is 2.43. The standard InChI is InChI=1S/C9H13N3/c1-2-9(8-3-6(1)8)12-7-4-10-11-5-7/h4-6,8-9,12H,1-3H2,(H,10,11)/t6-,8+,9?/m0/s1. The highest BCUT2D eigenvalue weighted by molar-refractivity contribution is 5.40. The lowest BCUT2D eigenvalue weighted by Crippen LogP contribution is -2.18. The normalized spacial score (nSPS) is 37.8. The predicted molar refractivity (Wildman–Crippen MR) is 46.8 cm³/mol. The van der Waals surface area contributed by atoms with E-state index in [2.05, 4.69) is 15.5 Å². The predicted octanol–water partition coefficient (Wildman–Crippen LogP) is 1.62. The van der Waals surface area contributed by atoms with Gasteiger partial charge in [0.2, 0.25) is 0 Å². The molecule has 1 aromatic rings. The van der Waals surface area contributed by atoms with Gasteiger partial charge in [0.05, 0.1) is 11.9 Å². The van der Waals surface area contributed by atoms with E-state index in [0.717, 1.165) is 23.6 Å². The van der Waals surface area contributed by atoms with Crippen LogP contribution in [0.2, 0.25) is 0 Å². The van der Waals surface area contributed by atoms with Crippen molar-refractivity contribution >= 4 is 5.69 Å². The van der Waals surface area contributed by atoms with Gasteiger partial charge in [-0.2, -0.15) is 5.10 Å². The monoisotopic (exact) mass is 163 g/mol. The second-order valence-corrected chi connectivity index (χ2v) is 3.97. The summed E-state index contributed by atoms with van der Waals surface area (Å²) in [5, 5.41) is 10.3. The van der Waals surface area contributed by atoms with Crippen molar-refractivity contribution in [1.29, 1.82) is 0 Å². The van der Waals surface area contributed by atoms with E-state index in [1.165, 1.54) is 19.3 Å². The molecule has 2 fully saturated rings. The van der Waals surface area contributed by atoms with E-state index in [4.69, 9.17) is 0 Å². The third-order valence-corrected chi connectivity index (χ3v) is 3.19. The van der Waals surface area contributed by atoms with E-state index in [9.17, 15) is 0 Å². The topological polar surface area (TPSA) is 40.7 Å². The number of aromatic amines is 1. The number of H-pyrrole nitrogens is 1. The Morgan fingerprint density at radius 1 is 1.50 bits per heavy atom. The Bertz CT molecular complexity index is 267. The molecule has 3 nitrogen and oxygen atoms in total. The average Bonchev–Trinajstić information content (AvgIpc) is 2.54. The zero-order chi connectivity index (χ0) is 7.97. The molecule has 0 spiro atoms. The van der Waals surface area contributed by atoms with Crippen LogP contribution in [0.3, 0.4) is 0 Å². The van der Waals surface area contributed by atoms with Crippen molar-refractivity contribution in [3.8, 4) is 0 Å². The molecule has 2 saturated carbocycles. The van der Waals surface area contributed by atoms with Crippen LogP contribution in [0, 0.1) is 11.8 Å². The van der Waals surface area contributed by atoms with E-state index >= 15 is 0 Å². The van der Waals surface area contributed by atoms with Crippen molar-refractivity contribution in [2.24, 2.45) is 11.8 Å². The molecule has 0 saturated heterocycles. The van der Waals surface area contributed by atoms with Gasteiger partial charge in [0.1, 0.15) is 0 Å².